The number of nitrogens with zero attached hydrogens (tertiary/aromatic N) is 3. The van der Waals surface area contributed by atoms with E-state index in [4.69, 9.17) is 11.6 Å². The first-order valence-electron chi connectivity index (χ1n) is 6.39. The lowest BCUT2D eigenvalue weighted by molar-refractivity contribution is 0.0280. The number of aliphatic hydroxyl groups is 1. The maximum absolute atomic E-state index is 13.0. The Balaban J connectivity index is 2.39. The average Bonchev–Trinajstić information content (AvgIpc) is 2.66. The number of aryl methyl sites for hydroxylation is 2. The fraction of sp³-hybridized carbons (Fsp3) is 0.429. The van der Waals surface area contributed by atoms with Crippen LogP contribution in [0.3, 0.4) is 0 Å². The smallest absolute Gasteiger partial charge is 0.141 e. The van der Waals surface area contributed by atoms with Gasteiger partial charge in [0, 0.05) is 19.0 Å². The van der Waals surface area contributed by atoms with Gasteiger partial charge in [-0.2, -0.15) is 5.10 Å². The van der Waals surface area contributed by atoms with E-state index in [9.17, 15) is 9.50 Å². The topological polar surface area (TPSA) is 50.9 Å². The van der Waals surface area contributed by atoms with Crippen LogP contribution in [0, 0.1) is 12.7 Å². The van der Waals surface area contributed by atoms with Gasteiger partial charge in [-0.3, -0.25) is 9.67 Å². The zero-order chi connectivity index (χ0) is 14.9. The molecule has 1 atom stereocenters. The third-order valence-electron chi connectivity index (χ3n) is 3.53. The Morgan fingerprint density at radius 3 is 2.60 bits per heavy atom. The van der Waals surface area contributed by atoms with E-state index in [0.717, 1.165) is 17.5 Å². The molecule has 4 nitrogen and oxygen atoms in total. The molecule has 0 aromatic carbocycles. The summed E-state index contributed by atoms with van der Waals surface area (Å²) < 4.78 is 14.5. The highest BCUT2D eigenvalue weighted by atomic mass is 35.5. The Morgan fingerprint density at radius 2 is 2.15 bits per heavy atom. The molecule has 2 aromatic rings. The van der Waals surface area contributed by atoms with Gasteiger partial charge in [-0.15, -0.1) is 0 Å². The second-order valence-corrected chi connectivity index (χ2v) is 5.26. The van der Waals surface area contributed by atoms with Crippen LogP contribution in [0.5, 0.6) is 0 Å². The van der Waals surface area contributed by atoms with E-state index < -0.39 is 11.4 Å². The molecule has 0 amide bonds. The number of hydrogen-bond donors (Lipinski definition) is 1. The molecule has 2 heterocycles. The number of rotatable bonds is 4. The molecule has 0 radical (unpaired) electrons. The minimum atomic E-state index is -1.19. The van der Waals surface area contributed by atoms with Crippen LogP contribution in [-0.4, -0.2) is 19.9 Å². The van der Waals surface area contributed by atoms with Gasteiger partial charge in [-0.1, -0.05) is 18.5 Å². The number of aromatic nitrogens is 3. The molecule has 0 fully saturated rings. The van der Waals surface area contributed by atoms with Crippen molar-refractivity contribution in [3.8, 4) is 0 Å². The molecule has 0 saturated carbocycles. The van der Waals surface area contributed by atoms with Gasteiger partial charge < -0.3 is 5.11 Å². The van der Waals surface area contributed by atoms with Crippen LogP contribution in [0.15, 0.2) is 18.3 Å². The van der Waals surface area contributed by atoms with E-state index >= 15 is 0 Å². The van der Waals surface area contributed by atoms with Crippen molar-refractivity contribution in [3.63, 3.8) is 0 Å². The van der Waals surface area contributed by atoms with Crippen LogP contribution in [0.25, 0.3) is 0 Å². The van der Waals surface area contributed by atoms with Gasteiger partial charge in [0.05, 0.1) is 17.6 Å². The second kappa shape index (κ2) is 5.50. The van der Waals surface area contributed by atoms with Gasteiger partial charge >= 0.3 is 0 Å². The summed E-state index contributed by atoms with van der Waals surface area (Å²) >= 11 is 6.20. The van der Waals surface area contributed by atoms with Crippen LogP contribution in [0.2, 0.25) is 5.15 Å². The summed E-state index contributed by atoms with van der Waals surface area (Å²) in [6.07, 6.45) is 1.84. The molecule has 1 unspecified atom stereocenters. The quantitative estimate of drug-likeness (QED) is 0.944. The fourth-order valence-electron chi connectivity index (χ4n) is 2.21. The molecule has 0 spiro atoms. The van der Waals surface area contributed by atoms with Gasteiger partial charge in [-0.05, 0) is 25.5 Å². The highest BCUT2D eigenvalue weighted by Crippen LogP contribution is 2.31. The normalized spacial score (nSPS) is 14.3. The Hall–Kier alpha value is -1.46. The zero-order valence-electron chi connectivity index (χ0n) is 11.7. The Bertz CT molecular complexity index is 612. The van der Waals surface area contributed by atoms with E-state index in [-0.39, 0.29) is 0 Å². The van der Waals surface area contributed by atoms with E-state index in [1.54, 1.807) is 11.7 Å². The van der Waals surface area contributed by atoms with Crippen LogP contribution in [0.4, 0.5) is 4.39 Å². The van der Waals surface area contributed by atoms with Crippen molar-refractivity contribution in [1.29, 1.82) is 0 Å². The number of halogens is 2. The summed E-state index contributed by atoms with van der Waals surface area (Å²) in [7, 11) is 1.75. The lowest BCUT2D eigenvalue weighted by atomic mass is 9.88. The molecule has 1 N–H and O–H groups in total. The SMILES string of the molecule is CCC(O)(Cc1c(C)nn(C)c1Cl)c1ccc(F)cn1. The summed E-state index contributed by atoms with van der Waals surface area (Å²) in [5.74, 6) is -0.428. The minimum absolute atomic E-state index is 0.292. The van der Waals surface area contributed by atoms with E-state index in [1.807, 2.05) is 13.8 Å². The Labute approximate surface area is 122 Å². The van der Waals surface area contributed by atoms with Crippen LogP contribution < -0.4 is 0 Å². The van der Waals surface area contributed by atoms with Gasteiger partial charge in [0.25, 0.3) is 0 Å². The summed E-state index contributed by atoms with van der Waals surface area (Å²) in [4.78, 5) is 3.99. The summed E-state index contributed by atoms with van der Waals surface area (Å²) in [6.45, 7) is 3.69. The molecule has 0 bridgehead atoms. The van der Waals surface area contributed by atoms with Gasteiger partial charge in [0.2, 0.25) is 0 Å². The lowest BCUT2D eigenvalue weighted by Gasteiger charge is -2.26. The van der Waals surface area contributed by atoms with Crippen molar-refractivity contribution >= 4 is 11.6 Å². The number of pyridine rings is 1. The van der Waals surface area contributed by atoms with Crippen LogP contribution in [-0.2, 0) is 19.1 Å². The highest BCUT2D eigenvalue weighted by Gasteiger charge is 2.31. The third kappa shape index (κ3) is 2.69. The van der Waals surface area contributed by atoms with Crippen molar-refractivity contribution in [2.24, 2.45) is 7.05 Å². The van der Waals surface area contributed by atoms with Gasteiger partial charge in [0.15, 0.2) is 0 Å². The van der Waals surface area contributed by atoms with Crippen molar-refractivity contribution in [2.75, 3.05) is 0 Å². The molecule has 6 heteroatoms. The monoisotopic (exact) mass is 297 g/mol. The standard InChI is InChI=1S/C14H17ClFN3O/c1-4-14(20,12-6-5-10(16)8-17-12)7-11-9(2)18-19(3)13(11)15/h5-6,8,20H,4,7H2,1-3H3. The summed E-state index contributed by atoms with van der Waals surface area (Å²) in [5.41, 5.74) is 0.794. The molecule has 0 aliphatic heterocycles. The minimum Gasteiger partial charge on any atom is -0.383 e. The average molecular weight is 298 g/mol. The largest absolute Gasteiger partial charge is 0.383 e. The van der Waals surface area contributed by atoms with Crippen molar-refractivity contribution < 1.29 is 9.50 Å². The molecule has 0 saturated heterocycles. The molecule has 2 rings (SSSR count). The van der Waals surface area contributed by atoms with Crippen molar-refractivity contribution in [2.45, 2.75) is 32.3 Å². The maximum atomic E-state index is 13.0. The predicted molar refractivity (Wildman–Crippen MR) is 75.0 cm³/mol. The Morgan fingerprint density at radius 1 is 1.45 bits per heavy atom. The van der Waals surface area contributed by atoms with Crippen LogP contribution in [0.1, 0.15) is 30.3 Å². The first-order chi connectivity index (χ1) is 9.37. The summed E-state index contributed by atoms with van der Waals surface area (Å²) in [5, 5.41) is 15.5. The van der Waals surface area contributed by atoms with Crippen LogP contribution >= 0.6 is 11.6 Å². The van der Waals surface area contributed by atoms with E-state index in [0.29, 0.717) is 23.7 Å². The summed E-state index contributed by atoms with van der Waals surface area (Å²) in [6, 6.07) is 2.79. The molecule has 0 aliphatic rings. The first-order valence-corrected chi connectivity index (χ1v) is 6.77. The second-order valence-electron chi connectivity index (χ2n) is 4.90. The molecule has 108 valence electrons. The third-order valence-corrected chi connectivity index (χ3v) is 4.00. The predicted octanol–water partition coefficient (Wildman–Crippen LogP) is 2.76. The zero-order valence-corrected chi connectivity index (χ0v) is 12.4. The van der Waals surface area contributed by atoms with Gasteiger partial charge in [0.1, 0.15) is 16.6 Å². The molecule has 20 heavy (non-hydrogen) atoms. The fourth-order valence-corrected chi connectivity index (χ4v) is 2.46. The van der Waals surface area contributed by atoms with E-state index in [2.05, 4.69) is 10.1 Å². The molecule has 2 aromatic heterocycles. The number of hydrogen-bond acceptors (Lipinski definition) is 3. The first kappa shape index (κ1) is 14.9. The maximum Gasteiger partial charge on any atom is 0.141 e. The molecular weight excluding hydrogens is 281 g/mol. The molecular formula is C14H17ClFN3O. The highest BCUT2D eigenvalue weighted by molar-refractivity contribution is 6.30. The van der Waals surface area contributed by atoms with Gasteiger partial charge in [-0.25, -0.2) is 4.39 Å². The lowest BCUT2D eigenvalue weighted by Crippen LogP contribution is -2.29. The van der Waals surface area contributed by atoms with Crippen molar-refractivity contribution in [1.82, 2.24) is 14.8 Å². The van der Waals surface area contributed by atoms with Crippen molar-refractivity contribution in [3.05, 3.63) is 46.3 Å². The Kier molecular flexibility index (Phi) is 4.11. The molecule has 0 aliphatic carbocycles. The van der Waals surface area contributed by atoms with E-state index in [1.165, 1.54) is 12.1 Å².